The highest BCUT2D eigenvalue weighted by Crippen LogP contribution is 2.24. The van der Waals surface area contributed by atoms with E-state index in [9.17, 15) is 13.2 Å². The van der Waals surface area contributed by atoms with E-state index in [1.165, 1.54) is 17.7 Å². The highest BCUT2D eigenvalue weighted by molar-refractivity contribution is 7.89. The molecular formula is C24H32N2O4S. The third kappa shape index (κ3) is 6.55. The number of amides is 1. The first-order valence-electron chi connectivity index (χ1n) is 11.0. The van der Waals surface area contributed by atoms with E-state index in [1.54, 1.807) is 16.4 Å². The van der Waals surface area contributed by atoms with Crippen LogP contribution in [0.3, 0.4) is 0 Å². The lowest BCUT2D eigenvalue weighted by Crippen LogP contribution is -2.37. The molecule has 1 saturated heterocycles. The van der Waals surface area contributed by atoms with Crippen molar-refractivity contribution in [3.63, 3.8) is 0 Å². The molecule has 0 aromatic heterocycles. The third-order valence-corrected chi connectivity index (χ3v) is 7.54. The van der Waals surface area contributed by atoms with E-state index in [2.05, 4.69) is 19.2 Å². The van der Waals surface area contributed by atoms with Crippen LogP contribution in [0.1, 0.15) is 45.1 Å². The molecule has 168 valence electrons. The number of nitrogens with zero attached hydrogens (tertiary/aromatic N) is 1. The Bertz CT molecular complexity index is 948. The lowest BCUT2D eigenvalue weighted by Gasteiger charge is -2.29. The minimum absolute atomic E-state index is 0.145. The molecule has 1 heterocycles. The van der Waals surface area contributed by atoms with Crippen molar-refractivity contribution in [2.75, 3.05) is 25.0 Å². The van der Waals surface area contributed by atoms with Crippen LogP contribution in [0, 0.1) is 5.92 Å². The van der Waals surface area contributed by atoms with Crippen LogP contribution in [0.4, 0.5) is 5.69 Å². The van der Waals surface area contributed by atoms with Crippen LogP contribution in [0.25, 0.3) is 0 Å². The van der Waals surface area contributed by atoms with Gasteiger partial charge in [0, 0.05) is 18.8 Å². The molecule has 1 amide bonds. The summed E-state index contributed by atoms with van der Waals surface area (Å²) in [6, 6.07) is 14.1. The highest BCUT2D eigenvalue weighted by atomic mass is 32.2. The number of carbonyl (C=O) groups is 1. The molecule has 1 fully saturated rings. The van der Waals surface area contributed by atoms with Gasteiger partial charge in [0.25, 0.3) is 5.91 Å². The summed E-state index contributed by atoms with van der Waals surface area (Å²) >= 11 is 0. The van der Waals surface area contributed by atoms with Crippen molar-refractivity contribution in [2.45, 2.75) is 50.8 Å². The summed E-state index contributed by atoms with van der Waals surface area (Å²) in [5.41, 5.74) is 1.98. The van der Waals surface area contributed by atoms with Gasteiger partial charge in [-0.3, -0.25) is 4.79 Å². The van der Waals surface area contributed by atoms with Crippen LogP contribution in [0.2, 0.25) is 0 Å². The van der Waals surface area contributed by atoms with Gasteiger partial charge in [-0.25, -0.2) is 8.42 Å². The maximum atomic E-state index is 12.8. The molecule has 2 aromatic carbocycles. The van der Waals surface area contributed by atoms with Crippen molar-refractivity contribution < 1.29 is 17.9 Å². The van der Waals surface area contributed by atoms with Crippen LogP contribution >= 0.6 is 0 Å². The van der Waals surface area contributed by atoms with Crippen molar-refractivity contribution in [2.24, 2.45) is 5.92 Å². The summed E-state index contributed by atoms with van der Waals surface area (Å²) in [5, 5.41) is 2.81. The number of rotatable bonds is 9. The standard InChI is InChI=1S/C24H32N2O4S/c1-3-4-5-20-6-8-21(9-7-20)25-24(27)18-30-22-10-12-23(13-11-22)31(28,29)26-16-14-19(2)15-17-26/h6-13,19H,3-5,14-18H2,1-2H3,(H,25,27). The lowest BCUT2D eigenvalue weighted by molar-refractivity contribution is -0.118. The smallest absolute Gasteiger partial charge is 0.262 e. The molecule has 0 radical (unpaired) electrons. The minimum atomic E-state index is -3.49. The van der Waals surface area contributed by atoms with Gasteiger partial charge in [-0.15, -0.1) is 0 Å². The van der Waals surface area contributed by atoms with E-state index in [-0.39, 0.29) is 17.4 Å². The Labute approximate surface area is 185 Å². The first-order valence-corrected chi connectivity index (χ1v) is 12.4. The molecule has 1 aliphatic rings. The number of sulfonamides is 1. The largest absolute Gasteiger partial charge is 0.484 e. The summed E-state index contributed by atoms with van der Waals surface area (Å²) in [6.45, 7) is 5.28. The number of ether oxygens (including phenoxy) is 1. The zero-order chi connectivity index (χ0) is 22.3. The second-order valence-electron chi connectivity index (χ2n) is 8.20. The predicted octanol–water partition coefficient (Wildman–Crippen LogP) is 4.47. The second kappa shape index (κ2) is 10.8. The highest BCUT2D eigenvalue weighted by Gasteiger charge is 2.27. The number of hydrogen-bond acceptors (Lipinski definition) is 4. The Kier molecular flexibility index (Phi) is 8.09. The molecule has 6 nitrogen and oxygen atoms in total. The number of aryl methyl sites for hydroxylation is 1. The van der Waals surface area contributed by atoms with E-state index in [1.807, 2.05) is 24.3 Å². The minimum Gasteiger partial charge on any atom is -0.484 e. The number of nitrogens with one attached hydrogen (secondary N) is 1. The average molecular weight is 445 g/mol. The molecule has 0 unspecified atom stereocenters. The van der Waals surface area contributed by atoms with Crippen molar-refractivity contribution in [1.82, 2.24) is 4.31 Å². The van der Waals surface area contributed by atoms with Gasteiger partial charge in [0.15, 0.2) is 6.61 Å². The van der Waals surface area contributed by atoms with Crippen LogP contribution in [-0.4, -0.2) is 38.3 Å². The summed E-state index contributed by atoms with van der Waals surface area (Å²) in [6.07, 6.45) is 5.11. The number of unbranched alkanes of at least 4 members (excludes halogenated alkanes) is 1. The summed E-state index contributed by atoms with van der Waals surface area (Å²) in [5.74, 6) is 0.754. The molecule has 3 rings (SSSR count). The third-order valence-electron chi connectivity index (χ3n) is 5.63. The molecule has 1 aliphatic heterocycles. The van der Waals surface area contributed by atoms with Crippen LogP contribution in [0.15, 0.2) is 53.4 Å². The van der Waals surface area contributed by atoms with E-state index >= 15 is 0 Å². The van der Waals surface area contributed by atoms with Gasteiger partial charge in [0.05, 0.1) is 4.90 Å². The second-order valence-corrected chi connectivity index (χ2v) is 10.1. The fourth-order valence-electron chi connectivity index (χ4n) is 3.56. The van der Waals surface area contributed by atoms with E-state index in [0.717, 1.165) is 37.8 Å². The van der Waals surface area contributed by atoms with Gasteiger partial charge < -0.3 is 10.1 Å². The van der Waals surface area contributed by atoms with Gasteiger partial charge in [0.2, 0.25) is 10.0 Å². The van der Waals surface area contributed by atoms with Crippen LogP contribution in [0.5, 0.6) is 5.75 Å². The summed E-state index contributed by atoms with van der Waals surface area (Å²) < 4.78 is 32.6. The Balaban J connectivity index is 1.50. The van der Waals surface area contributed by atoms with Gasteiger partial charge in [-0.05, 0) is 73.6 Å². The number of anilines is 1. The molecule has 0 spiro atoms. The monoisotopic (exact) mass is 444 g/mol. The fourth-order valence-corrected chi connectivity index (χ4v) is 5.03. The Hall–Kier alpha value is -2.38. The average Bonchev–Trinajstić information content (AvgIpc) is 2.78. The van der Waals surface area contributed by atoms with Gasteiger partial charge in [0.1, 0.15) is 5.75 Å². The van der Waals surface area contributed by atoms with Crippen molar-refractivity contribution in [3.05, 3.63) is 54.1 Å². The number of hydrogen-bond donors (Lipinski definition) is 1. The molecule has 1 N–H and O–H groups in total. The SMILES string of the molecule is CCCCc1ccc(NC(=O)COc2ccc(S(=O)(=O)N3CCC(C)CC3)cc2)cc1. The van der Waals surface area contributed by atoms with Gasteiger partial charge >= 0.3 is 0 Å². The molecule has 0 bridgehead atoms. The van der Waals surface area contributed by atoms with E-state index in [0.29, 0.717) is 24.8 Å². The first-order chi connectivity index (χ1) is 14.9. The quantitative estimate of drug-likeness (QED) is 0.619. The Morgan fingerprint density at radius 2 is 1.71 bits per heavy atom. The molecule has 7 heteroatoms. The zero-order valence-electron chi connectivity index (χ0n) is 18.3. The topological polar surface area (TPSA) is 75.7 Å². The van der Waals surface area contributed by atoms with Crippen molar-refractivity contribution in [3.8, 4) is 5.75 Å². The van der Waals surface area contributed by atoms with E-state index in [4.69, 9.17) is 4.74 Å². The van der Waals surface area contributed by atoms with Crippen molar-refractivity contribution in [1.29, 1.82) is 0 Å². The fraction of sp³-hybridized carbons (Fsp3) is 0.458. The number of benzene rings is 2. The Morgan fingerprint density at radius 1 is 1.06 bits per heavy atom. The predicted molar refractivity (Wildman–Crippen MR) is 123 cm³/mol. The summed E-state index contributed by atoms with van der Waals surface area (Å²) in [7, 11) is -3.49. The molecule has 31 heavy (non-hydrogen) atoms. The van der Waals surface area contributed by atoms with Crippen molar-refractivity contribution >= 4 is 21.6 Å². The maximum Gasteiger partial charge on any atom is 0.262 e. The van der Waals surface area contributed by atoms with Gasteiger partial charge in [-0.2, -0.15) is 4.31 Å². The molecular weight excluding hydrogens is 412 g/mol. The maximum absolute atomic E-state index is 12.8. The normalized spacial score (nSPS) is 15.5. The summed E-state index contributed by atoms with van der Waals surface area (Å²) in [4.78, 5) is 12.4. The first kappa shape index (κ1) is 23.3. The molecule has 0 saturated carbocycles. The molecule has 0 atom stereocenters. The molecule has 2 aromatic rings. The zero-order valence-corrected chi connectivity index (χ0v) is 19.2. The molecule has 0 aliphatic carbocycles. The number of carbonyl (C=O) groups excluding carboxylic acids is 1. The lowest BCUT2D eigenvalue weighted by atomic mass is 10.0. The van der Waals surface area contributed by atoms with E-state index < -0.39 is 10.0 Å². The van der Waals surface area contributed by atoms with Crippen LogP contribution < -0.4 is 10.1 Å². The van der Waals surface area contributed by atoms with Gasteiger partial charge in [-0.1, -0.05) is 32.4 Å². The Morgan fingerprint density at radius 3 is 2.32 bits per heavy atom. The van der Waals surface area contributed by atoms with Crippen LogP contribution in [-0.2, 0) is 21.2 Å². The number of piperidine rings is 1.